The van der Waals surface area contributed by atoms with Crippen LogP contribution in [-0.4, -0.2) is 32.2 Å². The molecular formula is C18H24N4O2S2. The molecule has 140 valence electrons. The highest BCUT2D eigenvalue weighted by Crippen LogP contribution is 2.38. The number of nitrogens with zero attached hydrogens (tertiary/aromatic N) is 3. The molecule has 0 radical (unpaired) electrons. The Labute approximate surface area is 161 Å². The predicted molar refractivity (Wildman–Crippen MR) is 104 cm³/mol. The fourth-order valence-corrected chi connectivity index (χ4v) is 4.37. The van der Waals surface area contributed by atoms with Crippen LogP contribution in [0.25, 0.3) is 0 Å². The molecule has 0 unspecified atom stereocenters. The number of amides is 1. The van der Waals surface area contributed by atoms with Gasteiger partial charge in [0, 0.05) is 16.3 Å². The molecule has 26 heavy (non-hydrogen) atoms. The lowest BCUT2D eigenvalue weighted by atomic mass is 9.96. The van der Waals surface area contributed by atoms with Crippen molar-refractivity contribution in [1.82, 2.24) is 20.1 Å². The van der Waals surface area contributed by atoms with Crippen molar-refractivity contribution in [3.8, 4) is 0 Å². The van der Waals surface area contributed by atoms with Gasteiger partial charge in [-0.3, -0.25) is 9.59 Å². The summed E-state index contributed by atoms with van der Waals surface area (Å²) in [5.41, 5.74) is -0.414. The van der Waals surface area contributed by atoms with Crippen LogP contribution in [0.5, 0.6) is 0 Å². The average Bonchev–Trinajstić information content (AvgIpc) is 3.17. The molecule has 2 aromatic rings. The van der Waals surface area contributed by atoms with E-state index >= 15 is 0 Å². The van der Waals surface area contributed by atoms with Gasteiger partial charge >= 0.3 is 0 Å². The van der Waals surface area contributed by atoms with Crippen LogP contribution in [0.2, 0.25) is 0 Å². The molecule has 0 aliphatic heterocycles. The summed E-state index contributed by atoms with van der Waals surface area (Å²) < 4.78 is 2.14. The Morgan fingerprint density at radius 3 is 2.69 bits per heavy atom. The van der Waals surface area contributed by atoms with E-state index in [0.717, 1.165) is 28.7 Å². The molecule has 6 nitrogen and oxygen atoms in total. The Kier molecular flexibility index (Phi) is 5.53. The number of hydrogen-bond acceptors (Lipinski definition) is 6. The zero-order valence-electron chi connectivity index (χ0n) is 15.5. The average molecular weight is 393 g/mol. The van der Waals surface area contributed by atoms with Crippen molar-refractivity contribution in [2.75, 3.05) is 5.75 Å². The second-order valence-corrected chi connectivity index (χ2v) is 9.65. The van der Waals surface area contributed by atoms with Crippen LogP contribution < -0.4 is 5.32 Å². The van der Waals surface area contributed by atoms with Crippen molar-refractivity contribution in [2.45, 2.75) is 58.3 Å². The number of carbonyl (C=O) groups is 2. The third-order valence-corrected chi connectivity index (χ3v) is 6.19. The van der Waals surface area contributed by atoms with Crippen molar-refractivity contribution in [2.24, 2.45) is 5.41 Å². The Hall–Kier alpha value is -1.67. The lowest BCUT2D eigenvalue weighted by Gasteiger charge is -2.17. The fraction of sp³-hybridized carbons (Fsp3) is 0.556. The summed E-state index contributed by atoms with van der Waals surface area (Å²) in [5.74, 6) is 1.34. The number of carbonyl (C=O) groups excluding carboxylic acids is 2. The maximum atomic E-state index is 12.5. The molecule has 0 aromatic carbocycles. The second kappa shape index (κ2) is 7.52. The van der Waals surface area contributed by atoms with Gasteiger partial charge in [-0.25, -0.2) is 0 Å². The molecule has 0 atom stereocenters. The standard InChI is InChI=1S/C18H24N4O2S2/c1-11-20-21-17(22(11)12-5-6-12)25-10-14(23)15-8-7-13(26-15)9-19-16(24)18(2,3)4/h7-8,12H,5-6,9-10H2,1-4H3,(H,19,24). The molecule has 2 heterocycles. The van der Waals surface area contributed by atoms with Gasteiger partial charge in [0.2, 0.25) is 5.91 Å². The van der Waals surface area contributed by atoms with Crippen LogP contribution >= 0.6 is 23.1 Å². The summed E-state index contributed by atoms with van der Waals surface area (Å²) in [5, 5.41) is 12.1. The summed E-state index contributed by atoms with van der Waals surface area (Å²) in [6, 6.07) is 4.24. The lowest BCUT2D eigenvalue weighted by molar-refractivity contribution is -0.128. The minimum Gasteiger partial charge on any atom is -0.351 e. The first-order valence-corrected chi connectivity index (χ1v) is 10.5. The van der Waals surface area contributed by atoms with Crippen LogP contribution in [0.3, 0.4) is 0 Å². The Morgan fingerprint density at radius 2 is 2.04 bits per heavy atom. The largest absolute Gasteiger partial charge is 0.351 e. The number of ketones is 1. The van der Waals surface area contributed by atoms with E-state index in [1.165, 1.54) is 23.1 Å². The molecule has 3 rings (SSSR count). The van der Waals surface area contributed by atoms with Crippen LogP contribution in [0, 0.1) is 12.3 Å². The van der Waals surface area contributed by atoms with Gasteiger partial charge in [-0.05, 0) is 31.9 Å². The predicted octanol–water partition coefficient (Wildman–Crippen LogP) is 3.62. The van der Waals surface area contributed by atoms with Gasteiger partial charge in [0.05, 0.1) is 17.2 Å². The van der Waals surface area contributed by atoms with Crippen LogP contribution in [-0.2, 0) is 11.3 Å². The minimum absolute atomic E-state index is 0.00381. The van der Waals surface area contributed by atoms with E-state index in [4.69, 9.17) is 0 Å². The third-order valence-electron chi connectivity index (χ3n) is 4.12. The fourth-order valence-electron chi connectivity index (χ4n) is 2.46. The maximum absolute atomic E-state index is 12.5. The van der Waals surface area contributed by atoms with E-state index < -0.39 is 5.41 Å². The minimum atomic E-state index is -0.414. The number of hydrogen-bond donors (Lipinski definition) is 1. The van der Waals surface area contributed by atoms with Gasteiger partial charge in [-0.1, -0.05) is 32.5 Å². The molecule has 1 aliphatic rings. The number of thioether (sulfide) groups is 1. The van der Waals surface area contributed by atoms with E-state index in [1.54, 1.807) is 0 Å². The van der Waals surface area contributed by atoms with E-state index in [2.05, 4.69) is 20.1 Å². The summed E-state index contributed by atoms with van der Waals surface area (Å²) in [7, 11) is 0. The third kappa shape index (κ3) is 4.54. The van der Waals surface area contributed by atoms with Crippen molar-refractivity contribution in [1.29, 1.82) is 0 Å². The molecule has 0 spiro atoms. The van der Waals surface area contributed by atoms with Crippen molar-refractivity contribution in [3.63, 3.8) is 0 Å². The monoisotopic (exact) mass is 392 g/mol. The van der Waals surface area contributed by atoms with Gasteiger partial charge < -0.3 is 9.88 Å². The van der Waals surface area contributed by atoms with Gasteiger partial charge in [0.1, 0.15) is 5.82 Å². The first-order valence-electron chi connectivity index (χ1n) is 8.70. The number of aryl methyl sites for hydroxylation is 1. The SMILES string of the molecule is Cc1nnc(SCC(=O)c2ccc(CNC(=O)C(C)(C)C)s2)n1C1CC1. The smallest absolute Gasteiger partial charge is 0.225 e. The quantitative estimate of drug-likeness (QED) is 0.575. The van der Waals surface area contributed by atoms with Crippen molar-refractivity contribution >= 4 is 34.8 Å². The van der Waals surface area contributed by atoms with Gasteiger partial charge in [0.25, 0.3) is 0 Å². The zero-order valence-corrected chi connectivity index (χ0v) is 17.2. The van der Waals surface area contributed by atoms with E-state index in [0.29, 0.717) is 23.2 Å². The highest BCUT2D eigenvalue weighted by Gasteiger charge is 2.28. The Morgan fingerprint density at radius 1 is 1.31 bits per heavy atom. The second-order valence-electron chi connectivity index (χ2n) is 7.54. The number of Topliss-reactive ketones (excluding diaryl/α,β-unsaturated/α-hetero) is 1. The van der Waals surface area contributed by atoms with E-state index in [-0.39, 0.29) is 11.7 Å². The molecule has 1 N–H and O–H groups in total. The maximum Gasteiger partial charge on any atom is 0.225 e. The van der Waals surface area contributed by atoms with Gasteiger partial charge in [0.15, 0.2) is 10.9 Å². The number of thiophene rings is 1. The molecule has 2 aromatic heterocycles. The van der Waals surface area contributed by atoms with E-state index in [9.17, 15) is 9.59 Å². The summed E-state index contributed by atoms with van der Waals surface area (Å²) in [6.45, 7) is 8.05. The first-order chi connectivity index (χ1) is 12.3. The molecule has 8 heteroatoms. The lowest BCUT2D eigenvalue weighted by Crippen LogP contribution is -2.34. The number of nitrogens with one attached hydrogen (secondary N) is 1. The van der Waals surface area contributed by atoms with Crippen LogP contribution in [0.4, 0.5) is 0 Å². The highest BCUT2D eigenvalue weighted by atomic mass is 32.2. The molecule has 1 fully saturated rings. The zero-order chi connectivity index (χ0) is 18.9. The van der Waals surface area contributed by atoms with Crippen molar-refractivity contribution < 1.29 is 9.59 Å². The van der Waals surface area contributed by atoms with Crippen LogP contribution in [0.1, 0.15) is 60.0 Å². The van der Waals surface area contributed by atoms with Gasteiger partial charge in [-0.15, -0.1) is 21.5 Å². The van der Waals surface area contributed by atoms with Crippen molar-refractivity contribution in [3.05, 3.63) is 27.7 Å². The van der Waals surface area contributed by atoms with Gasteiger partial charge in [-0.2, -0.15) is 0 Å². The molecule has 1 saturated carbocycles. The highest BCUT2D eigenvalue weighted by molar-refractivity contribution is 7.99. The first kappa shape index (κ1) is 19.1. The molecular weight excluding hydrogens is 368 g/mol. The summed E-state index contributed by atoms with van der Waals surface area (Å²) >= 11 is 2.88. The Balaban J connectivity index is 1.54. The molecule has 1 amide bonds. The number of rotatable bonds is 7. The number of aromatic nitrogens is 3. The summed E-state index contributed by atoms with van der Waals surface area (Å²) in [4.78, 5) is 26.1. The topological polar surface area (TPSA) is 76.9 Å². The molecule has 0 saturated heterocycles. The molecule has 0 bridgehead atoms. The van der Waals surface area contributed by atoms with Crippen LogP contribution in [0.15, 0.2) is 17.3 Å². The Bertz CT molecular complexity index is 816. The normalized spacial score (nSPS) is 14.5. The van der Waals surface area contributed by atoms with E-state index in [1.807, 2.05) is 39.8 Å². The molecule has 1 aliphatic carbocycles. The summed E-state index contributed by atoms with van der Waals surface area (Å²) in [6.07, 6.45) is 2.32.